The molecule has 2 N–H and O–H groups in total. The second-order valence-corrected chi connectivity index (χ2v) is 7.53. The molecule has 150 valence electrons. The number of benzene rings is 2. The number of aromatic nitrogens is 1. The topological polar surface area (TPSA) is 80.3 Å². The van der Waals surface area contributed by atoms with E-state index in [4.69, 9.17) is 4.74 Å². The van der Waals surface area contributed by atoms with Crippen LogP contribution in [0.25, 0.3) is 10.6 Å². The lowest BCUT2D eigenvalue weighted by atomic mass is 10.2. The highest BCUT2D eigenvalue weighted by Crippen LogP contribution is 2.24. The fourth-order valence-electron chi connectivity index (χ4n) is 2.37. The molecule has 29 heavy (non-hydrogen) atoms. The number of amides is 2. The first-order valence-corrected chi connectivity index (χ1v) is 10.1. The molecule has 3 rings (SSSR count). The first kappa shape index (κ1) is 20.8. The molecule has 3 aromatic rings. The Labute approximate surface area is 176 Å². The number of thiazole rings is 1. The van der Waals surface area contributed by atoms with Crippen molar-refractivity contribution in [1.82, 2.24) is 15.8 Å². The number of nitrogens with zero attached hydrogens (tertiary/aromatic N) is 1. The fraction of sp³-hybridized carbons (Fsp3) is 0.150. The molecule has 1 aromatic heterocycles. The number of hydrazine groups is 1. The number of ether oxygens (including phenoxy) is 1. The lowest BCUT2D eigenvalue weighted by molar-refractivity contribution is -0.121. The molecule has 0 saturated heterocycles. The van der Waals surface area contributed by atoms with Gasteiger partial charge in [0.25, 0.3) is 5.91 Å². The van der Waals surface area contributed by atoms with Crippen LogP contribution in [0.5, 0.6) is 0 Å². The Balaban J connectivity index is 1.44. The van der Waals surface area contributed by atoms with Gasteiger partial charge >= 0.3 is 6.09 Å². The van der Waals surface area contributed by atoms with Crippen LogP contribution in [0, 0.1) is 5.82 Å². The zero-order valence-corrected chi connectivity index (χ0v) is 16.9. The molecule has 0 bridgehead atoms. The van der Waals surface area contributed by atoms with E-state index >= 15 is 0 Å². The van der Waals surface area contributed by atoms with E-state index in [1.807, 2.05) is 35.7 Å². The number of halogens is 1. The second-order valence-electron chi connectivity index (χ2n) is 6.05. The zero-order valence-electron chi connectivity index (χ0n) is 15.2. The molecule has 0 aliphatic carbocycles. The van der Waals surface area contributed by atoms with Gasteiger partial charge in [0.05, 0.1) is 10.9 Å². The van der Waals surface area contributed by atoms with Crippen LogP contribution in [-0.2, 0) is 22.6 Å². The van der Waals surface area contributed by atoms with Gasteiger partial charge in [-0.2, -0.15) is 12.6 Å². The highest BCUT2D eigenvalue weighted by molar-refractivity contribution is 7.81. The third-order valence-corrected chi connectivity index (χ3v) is 5.21. The molecule has 1 unspecified atom stereocenters. The number of thiol groups is 1. The number of carbonyl (C=O) groups is 2. The Hall–Kier alpha value is -2.91. The summed E-state index contributed by atoms with van der Waals surface area (Å²) in [4.78, 5) is 28.2. The van der Waals surface area contributed by atoms with Crippen molar-refractivity contribution in [2.45, 2.75) is 18.3 Å². The average Bonchev–Trinajstić information content (AvgIpc) is 3.20. The van der Waals surface area contributed by atoms with Gasteiger partial charge in [-0.05, 0) is 29.8 Å². The number of nitrogens with one attached hydrogen (secondary N) is 2. The van der Waals surface area contributed by atoms with Crippen molar-refractivity contribution >= 4 is 36.0 Å². The van der Waals surface area contributed by atoms with Crippen LogP contribution in [0.3, 0.4) is 0 Å². The second kappa shape index (κ2) is 10.0. The molecule has 0 spiro atoms. The van der Waals surface area contributed by atoms with Gasteiger partial charge in [-0.3, -0.25) is 10.2 Å². The van der Waals surface area contributed by atoms with Gasteiger partial charge in [0.1, 0.15) is 17.4 Å². The highest BCUT2D eigenvalue weighted by Gasteiger charge is 2.17. The first-order valence-electron chi connectivity index (χ1n) is 8.66. The number of hydrogen-bond donors (Lipinski definition) is 3. The minimum absolute atomic E-state index is 0.0951. The summed E-state index contributed by atoms with van der Waals surface area (Å²) in [5.41, 5.74) is 6.78. The summed E-state index contributed by atoms with van der Waals surface area (Å²) in [5, 5.41) is 1.83. The van der Waals surface area contributed by atoms with E-state index in [1.165, 1.54) is 23.5 Å². The monoisotopic (exact) mass is 431 g/mol. The maximum atomic E-state index is 13.0. The zero-order chi connectivity index (χ0) is 20.6. The predicted molar refractivity (Wildman–Crippen MR) is 112 cm³/mol. The van der Waals surface area contributed by atoms with E-state index in [2.05, 4.69) is 28.5 Å². The van der Waals surface area contributed by atoms with Gasteiger partial charge in [-0.15, -0.1) is 11.3 Å². The van der Waals surface area contributed by atoms with Crippen molar-refractivity contribution < 1.29 is 18.7 Å². The van der Waals surface area contributed by atoms with Crippen LogP contribution < -0.4 is 10.9 Å². The van der Waals surface area contributed by atoms with Crippen LogP contribution in [0.1, 0.15) is 11.3 Å². The summed E-state index contributed by atoms with van der Waals surface area (Å²) in [6.45, 7) is 0.0951. The Morgan fingerprint density at radius 2 is 1.83 bits per heavy atom. The van der Waals surface area contributed by atoms with Crippen LogP contribution in [-0.4, -0.2) is 22.2 Å². The third-order valence-electron chi connectivity index (χ3n) is 3.85. The Morgan fingerprint density at radius 3 is 2.55 bits per heavy atom. The molecule has 0 radical (unpaired) electrons. The largest absolute Gasteiger partial charge is 0.443 e. The van der Waals surface area contributed by atoms with Gasteiger partial charge in [0.2, 0.25) is 0 Å². The molecule has 0 saturated carbocycles. The minimum Gasteiger partial charge on any atom is -0.443 e. The van der Waals surface area contributed by atoms with E-state index in [9.17, 15) is 14.0 Å². The van der Waals surface area contributed by atoms with Crippen molar-refractivity contribution in [3.8, 4) is 10.6 Å². The molecule has 9 heteroatoms. The summed E-state index contributed by atoms with van der Waals surface area (Å²) in [6, 6.07) is 15.2. The van der Waals surface area contributed by atoms with Crippen molar-refractivity contribution in [2.24, 2.45) is 0 Å². The average molecular weight is 432 g/mol. The molecule has 2 aromatic carbocycles. The van der Waals surface area contributed by atoms with Crippen LogP contribution in [0.2, 0.25) is 0 Å². The lowest BCUT2D eigenvalue weighted by Crippen LogP contribution is -2.45. The van der Waals surface area contributed by atoms with Crippen molar-refractivity contribution in [1.29, 1.82) is 0 Å². The van der Waals surface area contributed by atoms with E-state index < -0.39 is 17.3 Å². The highest BCUT2D eigenvalue weighted by atomic mass is 32.1. The molecule has 6 nitrogen and oxygen atoms in total. The van der Waals surface area contributed by atoms with Gasteiger partial charge < -0.3 is 4.74 Å². The number of hydrogen-bond acceptors (Lipinski definition) is 6. The van der Waals surface area contributed by atoms with E-state index in [-0.39, 0.29) is 18.8 Å². The number of carbonyl (C=O) groups excluding carboxylic acids is 2. The molecule has 1 atom stereocenters. The third kappa shape index (κ3) is 6.30. The van der Waals surface area contributed by atoms with E-state index in [1.54, 1.807) is 12.1 Å². The Morgan fingerprint density at radius 1 is 1.10 bits per heavy atom. The molecular weight excluding hydrogens is 413 g/mol. The van der Waals surface area contributed by atoms with E-state index in [0.717, 1.165) is 16.1 Å². The van der Waals surface area contributed by atoms with Gasteiger partial charge in [-0.1, -0.05) is 30.3 Å². The van der Waals surface area contributed by atoms with Gasteiger partial charge in [0.15, 0.2) is 0 Å². The van der Waals surface area contributed by atoms with Crippen molar-refractivity contribution in [3.63, 3.8) is 0 Å². The number of rotatable bonds is 6. The van der Waals surface area contributed by atoms with Crippen molar-refractivity contribution in [3.05, 3.63) is 77.1 Å². The molecule has 2 amide bonds. The minimum atomic E-state index is -0.769. The predicted octanol–water partition coefficient (Wildman–Crippen LogP) is 3.75. The quantitative estimate of drug-likeness (QED) is 0.410. The smallest absolute Gasteiger partial charge is 0.426 e. The van der Waals surface area contributed by atoms with Crippen molar-refractivity contribution in [2.75, 3.05) is 0 Å². The van der Waals surface area contributed by atoms with Crippen LogP contribution >= 0.6 is 24.0 Å². The summed E-state index contributed by atoms with van der Waals surface area (Å²) in [5.74, 6) is -0.797. The normalized spacial score (nSPS) is 11.5. The Bertz CT molecular complexity index is 965. The van der Waals surface area contributed by atoms with Crippen LogP contribution in [0.4, 0.5) is 9.18 Å². The van der Waals surface area contributed by atoms with Gasteiger partial charge in [-0.25, -0.2) is 19.6 Å². The summed E-state index contributed by atoms with van der Waals surface area (Å²) in [7, 11) is 0. The van der Waals surface area contributed by atoms with Gasteiger partial charge in [0, 0.05) is 17.4 Å². The molecule has 0 fully saturated rings. The first-order chi connectivity index (χ1) is 14.0. The molecular formula is C20H18FN3O3S2. The summed E-state index contributed by atoms with van der Waals surface area (Å²) >= 11 is 5.67. The van der Waals surface area contributed by atoms with E-state index in [0.29, 0.717) is 5.69 Å². The molecule has 1 heterocycles. The summed E-state index contributed by atoms with van der Waals surface area (Å²) < 4.78 is 18.0. The standard InChI is InChI=1S/C20H18FN3O3S2/c21-15-8-6-14(7-9-15)19-22-16(12-29-19)10-17(28)18(25)23-24-20(26)27-11-13-4-2-1-3-5-13/h1-9,12,17,28H,10-11H2,(H,23,25)(H,24,26). The maximum Gasteiger partial charge on any atom is 0.426 e. The lowest BCUT2D eigenvalue weighted by Gasteiger charge is -2.11. The summed E-state index contributed by atoms with van der Waals surface area (Å²) in [6.07, 6.45) is -0.497. The Kier molecular flexibility index (Phi) is 7.20. The SMILES string of the molecule is O=C(NNC(=O)C(S)Cc1csc(-c2ccc(F)cc2)n1)OCc1ccccc1. The van der Waals surface area contributed by atoms with Crippen LogP contribution in [0.15, 0.2) is 60.0 Å². The fourth-order valence-corrected chi connectivity index (χ4v) is 3.46. The molecule has 0 aliphatic rings. The molecule has 0 aliphatic heterocycles. The maximum absolute atomic E-state index is 13.0.